The summed E-state index contributed by atoms with van der Waals surface area (Å²) >= 11 is 0. The van der Waals surface area contributed by atoms with Crippen LogP contribution < -0.4 is 0 Å². The quantitative estimate of drug-likeness (QED) is 0.129. The van der Waals surface area contributed by atoms with Crippen LogP contribution in [0.3, 0.4) is 0 Å². The van der Waals surface area contributed by atoms with Crippen LogP contribution in [0.2, 0.25) is 0 Å². The number of hydrogen-bond acceptors (Lipinski definition) is 1. The summed E-state index contributed by atoms with van der Waals surface area (Å²) in [5, 5.41) is 17.7. The van der Waals surface area contributed by atoms with Crippen molar-refractivity contribution in [3.8, 4) is 39.3 Å². The Hall–Kier alpha value is -8.07. The van der Waals surface area contributed by atoms with E-state index >= 15 is 0 Å². The van der Waals surface area contributed by atoms with Crippen LogP contribution in [0.4, 0.5) is 0 Å². The topological polar surface area (TPSA) is 17.8 Å². The number of nitrogens with zero attached hydrogens (tertiary/aromatic N) is 2. The molecule has 0 unspecified atom stereocenters. The molecule has 0 radical (unpaired) electrons. The van der Waals surface area contributed by atoms with Crippen molar-refractivity contribution in [1.82, 2.24) is 9.55 Å². The van der Waals surface area contributed by atoms with Crippen LogP contribution in [-0.2, 0) is 0 Å². The van der Waals surface area contributed by atoms with Crippen molar-refractivity contribution in [1.29, 1.82) is 0 Å². The predicted molar refractivity (Wildman–Crippen MR) is 260 cm³/mol. The van der Waals surface area contributed by atoms with Crippen LogP contribution in [0.15, 0.2) is 218 Å². The van der Waals surface area contributed by atoms with Gasteiger partial charge < -0.3 is 0 Å². The molecule has 13 aromatic rings. The van der Waals surface area contributed by atoms with Crippen LogP contribution in [-0.4, -0.2) is 9.55 Å². The molecule has 1 heterocycles. The maximum atomic E-state index is 5.10. The molecule has 2 nitrogen and oxygen atoms in total. The summed E-state index contributed by atoms with van der Waals surface area (Å²) in [7, 11) is 0. The molecule has 0 fully saturated rings. The summed E-state index contributed by atoms with van der Waals surface area (Å²) in [6, 6.07) is 80.2. The number of aromatic nitrogens is 2. The minimum Gasteiger partial charge on any atom is -0.292 e. The van der Waals surface area contributed by atoms with Gasteiger partial charge in [0.05, 0.1) is 11.0 Å². The molecule has 0 aliphatic heterocycles. The van der Waals surface area contributed by atoms with Gasteiger partial charge >= 0.3 is 0 Å². The van der Waals surface area contributed by atoms with E-state index in [1.54, 1.807) is 0 Å². The van der Waals surface area contributed by atoms with Crippen molar-refractivity contribution < 1.29 is 0 Å². The van der Waals surface area contributed by atoms with Crippen LogP contribution >= 0.6 is 0 Å². The van der Waals surface area contributed by atoms with Gasteiger partial charge in [-0.2, -0.15) is 0 Å². The van der Waals surface area contributed by atoms with E-state index in [0.717, 1.165) is 28.1 Å². The van der Waals surface area contributed by atoms with Crippen LogP contribution in [0, 0.1) is 0 Å². The average molecular weight is 773 g/mol. The van der Waals surface area contributed by atoms with Gasteiger partial charge in [0.2, 0.25) is 0 Å². The molecule has 0 aliphatic carbocycles. The summed E-state index contributed by atoms with van der Waals surface area (Å²) in [5.41, 5.74) is 9.13. The van der Waals surface area contributed by atoms with Crippen LogP contribution in [0.5, 0.6) is 0 Å². The van der Waals surface area contributed by atoms with Gasteiger partial charge in [-0.1, -0.05) is 188 Å². The number of para-hydroxylation sites is 2. The van der Waals surface area contributed by atoms with Crippen molar-refractivity contribution in [2.75, 3.05) is 0 Å². The van der Waals surface area contributed by atoms with Gasteiger partial charge in [-0.15, -0.1) is 0 Å². The van der Waals surface area contributed by atoms with Gasteiger partial charge in [-0.3, -0.25) is 4.57 Å². The van der Waals surface area contributed by atoms with Gasteiger partial charge in [0.25, 0.3) is 0 Å². The summed E-state index contributed by atoms with van der Waals surface area (Å²) in [5.74, 6) is 0.937. The summed E-state index contributed by atoms with van der Waals surface area (Å²) in [6.45, 7) is 0. The molecule has 0 N–H and O–H groups in total. The normalized spacial score (nSPS) is 11.9. The first-order chi connectivity index (χ1) is 30.3. The third-order valence-corrected chi connectivity index (χ3v) is 12.9. The monoisotopic (exact) mass is 772 g/mol. The van der Waals surface area contributed by atoms with E-state index in [0.29, 0.717) is 0 Å². The summed E-state index contributed by atoms with van der Waals surface area (Å²) in [6.07, 6.45) is 0. The zero-order valence-electron chi connectivity index (χ0n) is 33.2. The molecule has 0 bridgehead atoms. The Labute approximate surface area is 352 Å². The Morgan fingerprint density at radius 2 is 0.770 bits per heavy atom. The van der Waals surface area contributed by atoms with Crippen molar-refractivity contribution >= 4 is 86.4 Å². The fourth-order valence-electron chi connectivity index (χ4n) is 10.3. The van der Waals surface area contributed by atoms with Crippen molar-refractivity contribution in [2.24, 2.45) is 0 Å². The highest BCUT2D eigenvalue weighted by Crippen LogP contribution is 2.46. The Balaban J connectivity index is 1.06. The van der Waals surface area contributed by atoms with Crippen LogP contribution in [0.25, 0.3) is 126 Å². The number of imidazole rings is 1. The standard InChI is InChI=1S/C59H36N2/c1-2-14-40(15-3-1)59-60-53-26-10-11-27-54(53)61(59)42-33-30-39(31-34-42)55-48-20-6-8-22-50(48)56(51-23-9-7-21-49(51)55)41-32-35-45-47-25-13-17-38-29-28-37-16-12-24-46(57(37)58(38)47)43-18-4-5-19-44(43)52(45)36-41/h1-36H. The Morgan fingerprint density at radius 3 is 1.39 bits per heavy atom. The maximum absolute atomic E-state index is 5.10. The third kappa shape index (κ3) is 5.06. The first-order valence-corrected chi connectivity index (χ1v) is 21.0. The van der Waals surface area contributed by atoms with Crippen LogP contribution in [0.1, 0.15) is 0 Å². The van der Waals surface area contributed by atoms with Gasteiger partial charge in [-0.05, 0) is 128 Å². The lowest BCUT2D eigenvalue weighted by Crippen LogP contribution is -1.98. The maximum Gasteiger partial charge on any atom is 0.145 e. The SMILES string of the molecule is c1ccc(-c2nc3ccccc3n2-c2ccc(-c3c4ccccc4c(-c4ccc5c(c4)c4ccccc4c4cccc6ccc7cccc5c7c64)c4ccccc34)cc2)cc1. The molecule has 61 heavy (non-hydrogen) atoms. The molecule has 0 saturated heterocycles. The Morgan fingerprint density at radius 1 is 0.295 bits per heavy atom. The van der Waals surface area contributed by atoms with E-state index in [1.807, 2.05) is 0 Å². The second-order valence-electron chi connectivity index (χ2n) is 16.2. The molecule has 0 aliphatic rings. The fraction of sp³-hybridized carbons (Fsp3) is 0. The molecule has 0 spiro atoms. The van der Waals surface area contributed by atoms with Crippen molar-refractivity contribution in [3.05, 3.63) is 218 Å². The largest absolute Gasteiger partial charge is 0.292 e. The second-order valence-corrected chi connectivity index (χ2v) is 16.2. The minimum atomic E-state index is 0.937. The highest BCUT2D eigenvalue weighted by Gasteiger charge is 2.20. The Kier molecular flexibility index (Phi) is 7.34. The number of fused-ring (bicyclic) bond motifs is 8. The van der Waals surface area contributed by atoms with Gasteiger partial charge in [-0.25, -0.2) is 4.98 Å². The predicted octanol–water partition coefficient (Wildman–Crippen LogP) is 16.1. The molecule has 1 aromatic heterocycles. The second kappa shape index (κ2) is 13.2. The molecule has 0 atom stereocenters. The zero-order valence-corrected chi connectivity index (χ0v) is 33.2. The van der Waals surface area contributed by atoms with Crippen molar-refractivity contribution in [3.63, 3.8) is 0 Å². The summed E-state index contributed by atoms with van der Waals surface area (Å²) < 4.78 is 2.28. The van der Waals surface area contributed by atoms with E-state index in [4.69, 9.17) is 4.98 Å². The van der Waals surface area contributed by atoms with E-state index in [1.165, 1.54) is 97.7 Å². The first-order valence-electron chi connectivity index (χ1n) is 21.0. The number of hydrogen-bond donors (Lipinski definition) is 0. The van der Waals surface area contributed by atoms with E-state index < -0.39 is 0 Å². The van der Waals surface area contributed by atoms with Crippen molar-refractivity contribution in [2.45, 2.75) is 0 Å². The van der Waals surface area contributed by atoms with Gasteiger partial charge in [0, 0.05) is 11.3 Å². The smallest absolute Gasteiger partial charge is 0.145 e. The molecule has 12 aromatic carbocycles. The minimum absolute atomic E-state index is 0.937. The lowest BCUT2D eigenvalue weighted by molar-refractivity contribution is 1.10. The molecular weight excluding hydrogens is 737 g/mol. The van der Waals surface area contributed by atoms with Gasteiger partial charge in [0.15, 0.2) is 0 Å². The summed E-state index contributed by atoms with van der Waals surface area (Å²) in [4.78, 5) is 5.10. The van der Waals surface area contributed by atoms with E-state index in [2.05, 4.69) is 223 Å². The zero-order chi connectivity index (χ0) is 40.0. The molecule has 282 valence electrons. The number of rotatable bonds is 4. The molecular formula is C59H36N2. The van der Waals surface area contributed by atoms with E-state index in [9.17, 15) is 0 Å². The number of benzene rings is 11. The third-order valence-electron chi connectivity index (χ3n) is 12.9. The molecule has 0 amide bonds. The lowest BCUT2D eigenvalue weighted by atomic mass is 9.85. The highest BCUT2D eigenvalue weighted by molar-refractivity contribution is 6.33. The highest BCUT2D eigenvalue weighted by atomic mass is 15.1. The lowest BCUT2D eigenvalue weighted by Gasteiger charge is -2.19. The molecule has 13 rings (SSSR count). The fourth-order valence-corrected chi connectivity index (χ4v) is 10.3. The Bertz CT molecular complexity index is 3860. The first kappa shape index (κ1) is 33.9. The van der Waals surface area contributed by atoms with Gasteiger partial charge in [0.1, 0.15) is 5.82 Å². The molecule has 2 heteroatoms. The van der Waals surface area contributed by atoms with E-state index in [-0.39, 0.29) is 0 Å². The molecule has 0 saturated carbocycles. The average Bonchev–Trinajstić information content (AvgIpc) is 3.72.